The molecule has 31 heavy (non-hydrogen) atoms. The first-order chi connectivity index (χ1) is 14.5. The van der Waals surface area contributed by atoms with Gasteiger partial charge in [0.15, 0.2) is 0 Å². The largest absolute Gasteiger partial charge is 0.494 e. The van der Waals surface area contributed by atoms with Crippen LogP contribution in [0.15, 0.2) is 54.6 Å². The third-order valence-corrected chi connectivity index (χ3v) is 4.11. The molecule has 0 spiro atoms. The Morgan fingerprint density at radius 3 is 2.06 bits per heavy atom. The SMILES string of the molecule is O=C(O)C=Cc1ccc(C(F)(F)Oc2ccc(OCCCCCC(F)(F)F)cc2)cc1. The lowest BCUT2D eigenvalue weighted by Gasteiger charge is -2.18. The van der Waals surface area contributed by atoms with E-state index in [1.54, 1.807) is 0 Å². The number of aliphatic carboxylic acids is 1. The van der Waals surface area contributed by atoms with E-state index in [2.05, 4.69) is 0 Å². The molecule has 2 aromatic rings. The van der Waals surface area contributed by atoms with Gasteiger partial charge in [0.1, 0.15) is 11.5 Å². The highest BCUT2D eigenvalue weighted by atomic mass is 19.4. The number of ether oxygens (including phenoxy) is 2. The molecule has 0 fully saturated rings. The summed E-state index contributed by atoms with van der Waals surface area (Å²) in [4.78, 5) is 10.5. The summed E-state index contributed by atoms with van der Waals surface area (Å²) in [6.45, 7) is 0.219. The zero-order valence-electron chi connectivity index (χ0n) is 16.4. The number of carboxylic acids is 1. The van der Waals surface area contributed by atoms with Crippen LogP contribution in [0.3, 0.4) is 0 Å². The molecule has 0 heterocycles. The first-order valence-electron chi connectivity index (χ1n) is 9.43. The zero-order chi connectivity index (χ0) is 22.9. The minimum atomic E-state index is -4.15. The van der Waals surface area contributed by atoms with Crippen LogP contribution in [0.2, 0.25) is 0 Å². The highest BCUT2D eigenvalue weighted by molar-refractivity contribution is 5.85. The molecule has 4 nitrogen and oxygen atoms in total. The van der Waals surface area contributed by atoms with Crippen molar-refractivity contribution in [3.63, 3.8) is 0 Å². The smallest absolute Gasteiger partial charge is 0.426 e. The Labute approximate surface area is 175 Å². The fourth-order valence-electron chi connectivity index (χ4n) is 2.56. The first-order valence-corrected chi connectivity index (χ1v) is 9.43. The van der Waals surface area contributed by atoms with Crippen LogP contribution in [0.25, 0.3) is 6.08 Å². The van der Waals surface area contributed by atoms with Gasteiger partial charge in [-0.3, -0.25) is 0 Å². The number of alkyl halides is 5. The number of rotatable bonds is 11. The molecule has 0 bridgehead atoms. The summed E-state index contributed by atoms with van der Waals surface area (Å²) in [6.07, 6.45) is -5.56. The van der Waals surface area contributed by atoms with Gasteiger partial charge >= 0.3 is 18.3 Å². The molecule has 0 aliphatic rings. The Morgan fingerprint density at radius 2 is 1.48 bits per heavy atom. The third kappa shape index (κ3) is 9.06. The van der Waals surface area contributed by atoms with Crippen molar-refractivity contribution < 1.29 is 41.3 Å². The Kier molecular flexibility index (Phi) is 8.41. The van der Waals surface area contributed by atoms with E-state index in [0.717, 1.165) is 18.2 Å². The number of benzene rings is 2. The fraction of sp³-hybridized carbons (Fsp3) is 0.318. The number of unbranched alkanes of at least 4 members (excludes halogenated alkanes) is 2. The third-order valence-electron chi connectivity index (χ3n) is 4.11. The standard InChI is InChI=1S/C22H21F5O4/c23-21(24,25)14-2-1-3-15-30-18-9-11-19(12-10-18)31-22(26,27)17-7-4-16(5-8-17)6-13-20(28)29/h4-13H,1-3,14-15H2,(H,28,29). The maximum Gasteiger partial charge on any atom is 0.426 e. The van der Waals surface area contributed by atoms with Crippen LogP contribution < -0.4 is 9.47 Å². The topological polar surface area (TPSA) is 55.8 Å². The molecule has 0 saturated heterocycles. The lowest BCUT2D eigenvalue weighted by atomic mass is 10.1. The van der Waals surface area contributed by atoms with Gasteiger partial charge in [0.05, 0.1) is 12.2 Å². The highest BCUT2D eigenvalue weighted by Gasteiger charge is 2.34. The second-order valence-corrected chi connectivity index (χ2v) is 6.66. The van der Waals surface area contributed by atoms with Gasteiger partial charge in [-0.25, -0.2) is 4.79 Å². The van der Waals surface area contributed by atoms with Crippen LogP contribution in [0.4, 0.5) is 22.0 Å². The van der Waals surface area contributed by atoms with Crippen molar-refractivity contribution in [1.82, 2.24) is 0 Å². The van der Waals surface area contributed by atoms with E-state index in [9.17, 15) is 26.7 Å². The number of hydrogen-bond acceptors (Lipinski definition) is 3. The molecule has 1 N–H and O–H groups in total. The number of halogens is 5. The monoisotopic (exact) mass is 444 g/mol. The summed E-state index contributed by atoms with van der Waals surface area (Å²) in [5, 5.41) is 8.58. The summed E-state index contributed by atoms with van der Waals surface area (Å²) in [7, 11) is 0. The first kappa shape index (κ1) is 24.2. The Bertz CT molecular complexity index is 859. The second-order valence-electron chi connectivity index (χ2n) is 6.66. The quantitative estimate of drug-likeness (QED) is 0.247. The Balaban J connectivity index is 1.83. The van der Waals surface area contributed by atoms with Gasteiger partial charge in [0.2, 0.25) is 0 Å². The molecule has 0 unspecified atom stereocenters. The molecule has 0 aliphatic carbocycles. The summed E-state index contributed by atoms with van der Waals surface area (Å²) in [6, 6.07) is 10.4. The van der Waals surface area contributed by atoms with E-state index >= 15 is 0 Å². The minimum Gasteiger partial charge on any atom is -0.494 e. The Hall–Kier alpha value is -3.10. The van der Waals surface area contributed by atoms with Crippen molar-refractivity contribution in [3.8, 4) is 11.5 Å². The summed E-state index contributed by atoms with van der Waals surface area (Å²) >= 11 is 0. The molecule has 9 heteroatoms. The van der Waals surface area contributed by atoms with Gasteiger partial charge in [0, 0.05) is 12.5 Å². The summed E-state index contributed by atoms with van der Waals surface area (Å²) in [5.74, 6) is -0.856. The van der Waals surface area contributed by atoms with Crippen molar-refractivity contribution >= 4 is 12.0 Å². The van der Waals surface area contributed by atoms with Crippen LogP contribution in [0.1, 0.15) is 36.8 Å². The Morgan fingerprint density at radius 1 is 0.871 bits per heavy atom. The molecule has 0 radical (unpaired) electrons. The number of carboxylic acid groups (broad SMARTS) is 1. The average Bonchev–Trinajstić information content (AvgIpc) is 2.69. The van der Waals surface area contributed by atoms with Crippen LogP contribution in [-0.4, -0.2) is 23.9 Å². The average molecular weight is 444 g/mol. The van der Waals surface area contributed by atoms with E-state index in [1.165, 1.54) is 42.5 Å². The number of hydrogen-bond donors (Lipinski definition) is 1. The summed E-state index contributed by atoms with van der Waals surface area (Å²) < 4.78 is 75.0. The van der Waals surface area contributed by atoms with Crippen molar-refractivity contribution in [2.75, 3.05) is 6.61 Å². The highest BCUT2D eigenvalue weighted by Crippen LogP contribution is 2.32. The molecule has 168 valence electrons. The van der Waals surface area contributed by atoms with Crippen LogP contribution in [0, 0.1) is 0 Å². The van der Waals surface area contributed by atoms with Gasteiger partial charge < -0.3 is 14.6 Å². The van der Waals surface area contributed by atoms with E-state index in [1.807, 2.05) is 0 Å². The van der Waals surface area contributed by atoms with E-state index < -0.39 is 30.2 Å². The normalized spacial score (nSPS) is 12.2. The van der Waals surface area contributed by atoms with E-state index in [-0.39, 0.29) is 18.8 Å². The lowest BCUT2D eigenvalue weighted by molar-refractivity contribution is -0.185. The van der Waals surface area contributed by atoms with Gasteiger partial charge in [-0.1, -0.05) is 12.1 Å². The van der Waals surface area contributed by atoms with Gasteiger partial charge in [0.25, 0.3) is 0 Å². The van der Waals surface area contributed by atoms with Gasteiger partial charge in [-0.05, 0) is 67.3 Å². The van der Waals surface area contributed by atoms with Crippen LogP contribution in [-0.2, 0) is 10.9 Å². The minimum absolute atomic E-state index is 0.0333. The fourth-order valence-corrected chi connectivity index (χ4v) is 2.56. The van der Waals surface area contributed by atoms with Crippen molar-refractivity contribution in [3.05, 3.63) is 65.7 Å². The molecular formula is C22H21F5O4. The predicted molar refractivity (Wildman–Crippen MR) is 104 cm³/mol. The molecule has 0 atom stereocenters. The number of carbonyl (C=O) groups is 1. The van der Waals surface area contributed by atoms with E-state index in [4.69, 9.17) is 14.6 Å². The zero-order valence-corrected chi connectivity index (χ0v) is 16.4. The molecule has 2 aromatic carbocycles. The maximum absolute atomic E-state index is 14.3. The summed E-state index contributed by atoms with van der Waals surface area (Å²) in [5.41, 5.74) is 0.0426. The van der Waals surface area contributed by atoms with Crippen LogP contribution >= 0.6 is 0 Å². The molecular weight excluding hydrogens is 423 g/mol. The predicted octanol–water partition coefficient (Wildman–Crippen LogP) is 6.41. The molecule has 2 rings (SSSR count). The molecule has 0 aliphatic heterocycles. The van der Waals surface area contributed by atoms with Crippen molar-refractivity contribution in [1.29, 1.82) is 0 Å². The van der Waals surface area contributed by atoms with Gasteiger partial charge in [-0.2, -0.15) is 22.0 Å². The van der Waals surface area contributed by atoms with Gasteiger partial charge in [-0.15, -0.1) is 0 Å². The molecule has 0 saturated carbocycles. The van der Waals surface area contributed by atoms with Crippen molar-refractivity contribution in [2.45, 2.75) is 38.0 Å². The second kappa shape index (κ2) is 10.8. The molecule has 0 aromatic heterocycles. The van der Waals surface area contributed by atoms with Crippen LogP contribution in [0.5, 0.6) is 11.5 Å². The molecule has 0 amide bonds. The lowest BCUT2D eigenvalue weighted by Crippen LogP contribution is -2.21. The van der Waals surface area contributed by atoms with E-state index in [0.29, 0.717) is 24.2 Å². The maximum atomic E-state index is 14.3. The van der Waals surface area contributed by atoms with Crippen molar-refractivity contribution in [2.24, 2.45) is 0 Å².